The molecule has 0 radical (unpaired) electrons. The number of amides is 2. The van der Waals surface area contributed by atoms with Gasteiger partial charge in [-0.05, 0) is 48.0 Å². The lowest BCUT2D eigenvalue weighted by Gasteiger charge is -2.11. The molecule has 156 valence electrons. The van der Waals surface area contributed by atoms with Gasteiger partial charge in [-0.2, -0.15) is 0 Å². The molecule has 5 aromatic rings. The predicted molar refractivity (Wildman–Crippen MR) is 123 cm³/mol. The molecular weight excluding hydrogens is 417 g/mol. The molecule has 0 aliphatic heterocycles. The van der Waals surface area contributed by atoms with Gasteiger partial charge in [0.25, 0.3) is 0 Å². The predicted octanol–water partition coefficient (Wildman–Crippen LogP) is 5.77. The van der Waals surface area contributed by atoms with E-state index in [0.29, 0.717) is 12.2 Å². The number of H-pyrrole nitrogens is 1. The number of nitrogens with zero attached hydrogens (tertiary/aromatic N) is 2. The van der Waals surface area contributed by atoms with Crippen molar-refractivity contribution in [2.75, 3.05) is 10.6 Å². The van der Waals surface area contributed by atoms with Gasteiger partial charge in [-0.1, -0.05) is 18.2 Å². The molecule has 0 unspecified atom stereocenters. The summed E-state index contributed by atoms with van der Waals surface area (Å²) in [5.41, 5.74) is 3.78. The van der Waals surface area contributed by atoms with Gasteiger partial charge in [-0.15, -0.1) is 12.4 Å². The van der Waals surface area contributed by atoms with Crippen LogP contribution in [0.2, 0.25) is 0 Å². The smallest absolute Gasteiger partial charge is 0.323 e. The number of hydrogen-bond donors (Lipinski definition) is 3. The van der Waals surface area contributed by atoms with Gasteiger partial charge >= 0.3 is 6.03 Å². The zero-order valence-corrected chi connectivity index (χ0v) is 17.1. The van der Waals surface area contributed by atoms with Crippen LogP contribution < -0.4 is 10.6 Å². The maximum Gasteiger partial charge on any atom is 0.323 e. The fourth-order valence-electron chi connectivity index (χ4n) is 3.65. The molecule has 3 aromatic heterocycles. The van der Waals surface area contributed by atoms with E-state index in [9.17, 15) is 9.18 Å². The molecule has 2 aromatic carbocycles. The van der Waals surface area contributed by atoms with E-state index in [4.69, 9.17) is 0 Å². The van der Waals surface area contributed by atoms with Crippen molar-refractivity contribution in [1.29, 1.82) is 0 Å². The number of urea groups is 1. The zero-order valence-electron chi connectivity index (χ0n) is 16.3. The summed E-state index contributed by atoms with van der Waals surface area (Å²) in [6, 6.07) is 17.3. The topological polar surface area (TPSA) is 74.7 Å². The lowest BCUT2D eigenvalue weighted by Crippen LogP contribution is -2.20. The number of rotatable bonds is 4. The Bertz CT molecular complexity index is 1380. The highest BCUT2D eigenvalue weighted by Gasteiger charge is 2.11. The molecule has 3 N–H and O–H groups in total. The Balaban J connectivity index is 0.00000231. The third-order valence-electron chi connectivity index (χ3n) is 5.08. The standard InChI is InChI=1S/C23H18FN5O.ClH/c24-18-4-1-2-5-20(18)28-23(30)27-19-6-3-7-21-17(19)10-13-29(21)14-15-8-11-25-22-16(15)9-12-26-22;/h1-13H,14H2,(H,25,26)(H2,27,28,30);1H. The van der Waals surface area contributed by atoms with Gasteiger partial charge in [0.05, 0.1) is 16.9 Å². The monoisotopic (exact) mass is 435 g/mol. The number of fused-ring (bicyclic) bond motifs is 2. The van der Waals surface area contributed by atoms with Crippen molar-refractivity contribution in [1.82, 2.24) is 14.5 Å². The minimum Gasteiger partial charge on any atom is -0.346 e. The number of benzene rings is 2. The Labute approximate surface area is 183 Å². The fraction of sp³-hybridized carbons (Fsp3) is 0.0435. The molecule has 0 atom stereocenters. The molecule has 5 rings (SSSR count). The number of anilines is 2. The van der Waals surface area contributed by atoms with Crippen molar-refractivity contribution in [2.45, 2.75) is 6.54 Å². The van der Waals surface area contributed by atoms with Crippen molar-refractivity contribution in [3.8, 4) is 0 Å². The Kier molecular flexibility index (Phi) is 5.60. The van der Waals surface area contributed by atoms with Crippen molar-refractivity contribution in [2.24, 2.45) is 0 Å². The Hall–Kier alpha value is -3.84. The summed E-state index contributed by atoms with van der Waals surface area (Å²) in [6.07, 6.45) is 5.66. The first-order valence-corrected chi connectivity index (χ1v) is 9.50. The molecule has 0 bridgehead atoms. The minimum absolute atomic E-state index is 0. The maximum absolute atomic E-state index is 13.8. The second kappa shape index (κ2) is 8.49. The SMILES string of the molecule is Cl.O=C(Nc1ccccc1F)Nc1cccc2c1ccn2Cc1ccnc2[nH]ccc12. The number of nitrogens with one attached hydrogen (secondary N) is 3. The van der Waals surface area contributed by atoms with Crippen LogP contribution in [0.15, 0.2) is 79.3 Å². The van der Waals surface area contributed by atoms with Crippen molar-refractivity contribution >= 4 is 51.7 Å². The van der Waals surface area contributed by atoms with Crippen LogP contribution in [0.25, 0.3) is 21.9 Å². The molecule has 31 heavy (non-hydrogen) atoms. The average molecular weight is 436 g/mol. The first-order chi connectivity index (χ1) is 14.7. The van der Waals surface area contributed by atoms with Crippen molar-refractivity contribution in [3.05, 3.63) is 90.6 Å². The quantitative estimate of drug-likeness (QED) is 0.335. The van der Waals surface area contributed by atoms with E-state index in [-0.39, 0.29) is 18.1 Å². The van der Waals surface area contributed by atoms with E-state index in [0.717, 1.165) is 27.5 Å². The summed E-state index contributed by atoms with van der Waals surface area (Å²) < 4.78 is 15.9. The highest BCUT2D eigenvalue weighted by atomic mass is 35.5. The van der Waals surface area contributed by atoms with Gasteiger partial charge in [0, 0.05) is 35.9 Å². The minimum atomic E-state index is -0.497. The van der Waals surface area contributed by atoms with E-state index in [1.54, 1.807) is 18.3 Å². The molecule has 0 saturated heterocycles. The van der Waals surface area contributed by atoms with Crippen LogP contribution in [0.4, 0.5) is 20.6 Å². The van der Waals surface area contributed by atoms with E-state index in [2.05, 4.69) is 25.2 Å². The molecule has 6 nitrogen and oxygen atoms in total. The number of aromatic amines is 1. The molecule has 2 amide bonds. The van der Waals surface area contributed by atoms with Crippen LogP contribution in [-0.4, -0.2) is 20.6 Å². The summed E-state index contributed by atoms with van der Waals surface area (Å²) in [7, 11) is 0. The van der Waals surface area contributed by atoms with Gasteiger partial charge in [0.2, 0.25) is 0 Å². The third kappa shape index (κ3) is 3.95. The van der Waals surface area contributed by atoms with Crippen LogP contribution in [0.1, 0.15) is 5.56 Å². The highest BCUT2D eigenvalue weighted by molar-refractivity contribution is 6.05. The van der Waals surface area contributed by atoms with E-state index in [1.807, 2.05) is 48.8 Å². The second-order valence-corrected chi connectivity index (χ2v) is 6.95. The molecule has 0 aliphatic carbocycles. The van der Waals surface area contributed by atoms with E-state index < -0.39 is 11.8 Å². The Morgan fingerprint density at radius 1 is 0.968 bits per heavy atom. The number of carbonyl (C=O) groups is 1. The average Bonchev–Trinajstić information content (AvgIpc) is 3.38. The molecule has 8 heteroatoms. The fourth-order valence-corrected chi connectivity index (χ4v) is 3.65. The van der Waals surface area contributed by atoms with Crippen LogP contribution in [-0.2, 0) is 6.54 Å². The molecule has 0 fully saturated rings. The molecule has 0 aliphatic rings. The van der Waals surface area contributed by atoms with Crippen LogP contribution in [0, 0.1) is 5.82 Å². The summed E-state index contributed by atoms with van der Waals surface area (Å²) in [5.74, 6) is -0.481. The molecular formula is C23H19ClFN5O. The number of hydrogen-bond acceptors (Lipinski definition) is 2. The normalized spacial score (nSPS) is 10.7. The largest absolute Gasteiger partial charge is 0.346 e. The maximum atomic E-state index is 13.8. The summed E-state index contributed by atoms with van der Waals surface area (Å²) in [4.78, 5) is 19.9. The first-order valence-electron chi connectivity index (χ1n) is 9.50. The van der Waals surface area contributed by atoms with Gasteiger partial charge in [-0.25, -0.2) is 14.2 Å². The third-order valence-corrected chi connectivity index (χ3v) is 5.08. The lowest BCUT2D eigenvalue weighted by atomic mass is 10.2. The Morgan fingerprint density at radius 2 is 1.77 bits per heavy atom. The Morgan fingerprint density at radius 3 is 2.65 bits per heavy atom. The summed E-state index contributed by atoms with van der Waals surface area (Å²) in [6.45, 7) is 0.672. The van der Waals surface area contributed by atoms with Gasteiger partial charge in [-0.3, -0.25) is 0 Å². The van der Waals surface area contributed by atoms with Crippen molar-refractivity contribution in [3.63, 3.8) is 0 Å². The number of halogens is 2. The summed E-state index contributed by atoms with van der Waals surface area (Å²) >= 11 is 0. The summed E-state index contributed by atoms with van der Waals surface area (Å²) in [5, 5.41) is 7.35. The first kappa shape index (κ1) is 20.4. The number of pyridine rings is 1. The number of para-hydroxylation sites is 1. The lowest BCUT2D eigenvalue weighted by molar-refractivity contribution is 0.262. The number of carbonyl (C=O) groups excluding carboxylic acids is 1. The highest BCUT2D eigenvalue weighted by Crippen LogP contribution is 2.27. The second-order valence-electron chi connectivity index (χ2n) is 6.95. The van der Waals surface area contributed by atoms with Gasteiger partial charge in [0.1, 0.15) is 11.5 Å². The zero-order chi connectivity index (χ0) is 20.5. The molecule has 3 heterocycles. The van der Waals surface area contributed by atoms with Crippen LogP contribution in [0.5, 0.6) is 0 Å². The van der Waals surface area contributed by atoms with Crippen molar-refractivity contribution < 1.29 is 9.18 Å². The number of aromatic nitrogens is 3. The van der Waals surface area contributed by atoms with Gasteiger partial charge in [0.15, 0.2) is 0 Å². The van der Waals surface area contributed by atoms with Crippen LogP contribution >= 0.6 is 12.4 Å². The van der Waals surface area contributed by atoms with E-state index in [1.165, 1.54) is 12.1 Å². The van der Waals surface area contributed by atoms with Crippen LogP contribution in [0.3, 0.4) is 0 Å². The van der Waals surface area contributed by atoms with E-state index >= 15 is 0 Å². The molecule has 0 spiro atoms. The van der Waals surface area contributed by atoms with Gasteiger partial charge < -0.3 is 20.2 Å². The molecule has 0 saturated carbocycles.